The van der Waals surface area contributed by atoms with Crippen LogP contribution in [0.3, 0.4) is 0 Å². The van der Waals surface area contributed by atoms with Crippen molar-refractivity contribution in [3.8, 4) is 0 Å². The number of aliphatic hydroxyl groups is 1. The molecular weight excluding hydrogens is 190 g/mol. The van der Waals surface area contributed by atoms with Gasteiger partial charge in [-0.2, -0.15) is 5.48 Å². The number of hydrogen-bond donors (Lipinski definition) is 2. The summed E-state index contributed by atoms with van der Waals surface area (Å²) in [6.07, 6.45) is 0. The predicted molar refractivity (Wildman–Crippen MR) is 60.2 cm³/mol. The number of hydroxylamine groups is 1. The van der Waals surface area contributed by atoms with Crippen LogP contribution in [-0.4, -0.2) is 17.3 Å². The van der Waals surface area contributed by atoms with Gasteiger partial charge in [0.15, 0.2) is 0 Å². The lowest BCUT2D eigenvalue weighted by atomic mass is 10.1. The molecule has 3 nitrogen and oxygen atoms in total. The fourth-order valence-corrected chi connectivity index (χ4v) is 1.13. The second kappa shape index (κ2) is 5.26. The van der Waals surface area contributed by atoms with Crippen LogP contribution in [0.25, 0.3) is 0 Å². The highest BCUT2D eigenvalue weighted by Crippen LogP contribution is 2.14. The van der Waals surface area contributed by atoms with Gasteiger partial charge in [0.2, 0.25) is 0 Å². The number of benzene rings is 1. The Hall–Kier alpha value is -0.900. The predicted octanol–water partition coefficient (Wildman–Crippen LogP) is 2.04. The minimum atomic E-state index is -0.553. The zero-order valence-corrected chi connectivity index (χ0v) is 9.23. The molecule has 1 aromatic carbocycles. The molecule has 1 atom stereocenters. The van der Waals surface area contributed by atoms with Gasteiger partial charge in [-0.05, 0) is 26.3 Å². The van der Waals surface area contributed by atoms with Crippen LogP contribution in [0.1, 0.15) is 33.7 Å². The van der Waals surface area contributed by atoms with E-state index in [0.717, 1.165) is 5.56 Å². The third-order valence-electron chi connectivity index (χ3n) is 1.86. The first-order valence-electron chi connectivity index (χ1n) is 5.68. The molecule has 0 aliphatic heterocycles. The van der Waals surface area contributed by atoms with E-state index < -0.39 is 5.60 Å². The van der Waals surface area contributed by atoms with Crippen molar-refractivity contribution in [1.29, 1.82) is 0 Å². The Morgan fingerprint density at radius 3 is 2.67 bits per heavy atom. The van der Waals surface area contributed by atoms with Crippen LogP contribution in [0.4, 0.5) is 0 Å². The molecule has 0 fully saturated rings. The van der Waals surface area contributed by atoms with Crippen molar-refractivity contribution < 1.29 is 11.3 Å². The molecule has 0 radical (unpaired) electrons. The van der Waals surface area contributed by atoms with Gasteiger partial charge in [0.05, 0.1) is 18.2 Å². The highest BCUT2D eigenvalue weighted by Gasteiger charge is 2.15. The molecule has 84 valence electrons. The molecule has 0 bridgehead atoms. The summed E-state index contributed by atoms with van der Waals surface area (Å²) >= 11 is 0. The van der Waals surface area contributed by atoms with Crippen molar-refractivity contribution in [3.05, 3.63) is 35.9 Å². The monoisotopic (exact) mass is 210 g/mol. The zero-order chi connectivity index (χ0) is 12.0. The van der Waals surface area contributed by atoms with Gasteiger partial charge in [-0.15, -0.1) is 0 Å². The van der Waals surface area contributed by atoms with E-state index in [4.69, 9.17) is 6.21 Å². The molecule has 0 spiro atoms. The minimum Gasteiger partial charge on any atom is -0.394 e. The SMILES string of the molecule is [2H]CC(C)(C)ONC(CO)c1ccccc1. The molecule has 1 unspecified atom stereocenters. The van der Waals surface area contributed by atoms with E-state index >= 15 is 0 Å². The second-order valence-electron chi connectivity index (χ2n) is 4.13. The van der Waals surface area contributed by atoms with E-state index in [-0.39, 0.29) is 19.5 Å². The minimum absolute atomic E-state index is 0.0436. The van der Waals surface area contributed by atoms with E-state index in [1.165, 1.54) is 0 Å². The smallest absolute Gasteiger partial charge is 0.0813 e. The number of hydrogen-bond acceptors (Lipinski definition) is 3. The molecule has 0 amide bonds. The van der Waals surface area contributed by atoms with Crippen molar-refractivity contribution >= 4 is 0 Å². The molecule has 1 aromatic rings. The van der Waals surface area contributed by atoms with Gasteiger partial charge in [-0.25, -0.2) is 0 Å². The second-order valence-corrected chi connectivity index (χ2v) is 4.13. The molecule has 0 heterocycles. The Labute approximate surface area is 92.4 Å². The molecule has 0 aromatic heterocycles. The zero-order valence-electron chi connectivity index (χ0n) is 10.2. The number of nitrogens with one attached hydrogen (secondary N) is 1. The number of aliphatic hydroxyl groups excluding tert-OH is 1. The summed E-state index contributed by atoms with van der Waals surface area (Å²) in [6, 6.07) is 9.33. The van der Waals surface area contributed by atoms with E-state index in [1.807, 2.05) is 44.2 Å². The van der Waals surface area contributed by atoms with E-state index in [0.29, 0.717) is 0 Å². The topological polar surface area (TPSA) is 41.5 Å². The lowest BCUT2D eigenvalue weighted by Crippen LogP contribution is -2.33. The lowest BCUT2D eigenvalue weighted by Gasteiger charge is -2.24. The molecule has 0 aliphatic carbocycles. The van der Waals surface area contributed by atoms with Crippen molar-refractivity contribution in [2.45, 2.75) is 32.4 Å². The molecule has 2 N–H and O–H groups in total. The average molecular weight is 210 g/mol. The Kier molecular flexibility index (Phi) is 3.72. The Balaban J connectivity index is 2.57. The van der Waals surface area contributed by atoms with Crippen molar-refractivity contribution in [3.63, 3.8) is 0 Å². The van der Waals surface area contributed by atoms with E-state index in [9.17, 15) is 5.11 Å². The molecule has 3 heteroatoms. The first kappa shape index (κ1) is 10.6. The summed E-state index contributed by atoms with van der Waals surface area (Å²) < 4.78 is 7.28. The van der Waals surface area contributed by atoms with E-state index in [1.54, 1.807) is 0 Å². The third-order valence-corrected chi connectivity index (χ3v) is 1.86. The first-order valence-corrected chi connectivity index (χ1v) is 4.97. The van der Waals surface area contributed by atoms with Crippen molar-refractivity contribution in [2.75, 3.05) is 6.61 Å². The summed E-state index contributed by atoms with van der Waals surface area (Å²) in [4.78, 5) is 5.39. The lowest BCUT2D eigenvalue weighted by molar-refractivity contribution is -0.0952. The fourth-order valence-electron chi connectivity index (χ4n) is 1.13. The fraction of sp³-hybridized carbons (Fsp3) is 0.500. The molecule has 0 aliphatic rings. The summed E-state index contributed by atoms with van der Waals surface area (Å²) in [7, 11) is 0. The maximum Gasteiger partial charge on any atom is 0.0813 e. The van der Waals surface area contributed by atoms with Crippen molar-refractivity contribution in [1.82, 2.24) is 5.48 Å². The molecular formula is C12H19NO2. The van der Waals surface area contributed by atoms with Crippen LogP contribution in [0.5, 0.6) is 0 Å². The van der Waals surface area contributed by atoms with Gasteiger partial charge >= 0.3 is 0 Å². The highest BCUT2D eigenvalue weighted by molar-refractivity contribution is 5.18. The largest absolute Gasteiger partial charge is 0.394 e. The summed E-state index contributed by atoms with van der Waals surface area (Å²) in [5, 5.41) is 9.26. The Bertz CT molecular complexity index is 303. The molecule has 0 saturated carbocycles. The van der Waals surface area contributed by atoms with Crippen LogP contribution >= 0.6 is 0 Å². The van der Waals surface area contributed by atoms with Crippen LogP contribution in [0.2, 0.25) is 0 Å². The van der Waals surface area contributed by atoms with Crippen LogP contribution in [0, 0.1) is 0 Å². The Morgan fingerprint density at radius 1 is 1.47 bits per heavy atom. The van der Waals surface area contributed by atoms with Gasteiger partial charge < -0.3 is 5.11 Å². The van der Waals surface area contributed by atoms with Gasteiger partial charge in [0, 0.05) is 1.37 Å². The summed E-state index contributed by atoms with van der Waals surface area (Å²) in [5.74, 6) is 0. The van der Waals surface area contributed by atoms with Gasteiger partial charge in [0.25, 0.3) is 0 Å². The van der Waals surface area contributed by atoms with Crippen LogP contribution < -0.4 is 5.48 Å². The highest BCUT2D eigenvalue weighted by atomic mass is 16.7. The average Bonchev–Trinajstić information content (AvgIpc) is 2.31. The quantitative estimate of drug-likeness (QED) is 0.747. The molecule has 1 rings (SSSR count). The van der Waals surface area contributed by atoms with Gasteiger partial charge in [-0.1, -0.05) is 30.3 Å². The molecule has 0 saturated heterocycles. The summed E-state index contributed by atoms with van der Waals surface area (Å²) in [6.45, 7) is 3.77. The third kappa shape index (κ3) is 4.42. The Morgan fingerprint density at radius 2 is 2.13 bits per heavy atom. The first-order chi connectivity index (χ1) is 7.59. The number of rotatable bonds is 4. The van der Waals surface area contributed by atoms with Crippen molar-refractivity contribution in [2.24, 2.45) is 0 Å². The summed E-state index contributed by atoms with van der Waals surface area (Å²) in [5.41, 5.74) is 3.22. The van der Waals surface area contributed by atoms with Crippen LogP contribution in [0.15, 0.2) is 30.3 Å². The maximum atomic E-state index is 9.26. The molecule has 15 heavy (non-hydrogen) atoms. The van der Waals surface area contributed by atoms with E-state index in [2.05, 4.69) is 5.48 Å². The maximum absolute atomic E-state index is 9.26. The van der Waals surface area contributed by atoms with Gasteiger partial charge in [-0.3, -0.25) is 4.84 Å². The standard InChI is InChI=1S/C12H19NO2/c1-12(2,3)15-13-11(9-14)10-7-5-4-6-8-10/h4-8,11,13-14H,9H2,1-3H3/i1D. The normalized spacial score (nSPS) is 14.7. The van der Waals surface area contributed by atoms with Gasteiger partial charge in [0.1, 0.15) is 0 Å². The van der Waals surface area contributed by atoms with Crippen LogP contribution in [-0.2, 0) is 4.84 Å².